The lowest BCUT2D eigenvalue weighted by molar-refractivity contribution is -0.132. The molecule has 0 rings (SSSR count). The van der Waals surface area contributed by atoms with Crippen molar-refractivity contribution in [3.63, 3.8) is 0 Å². The zero-order chi connectivity index (χ0) is 37.3. The van der Waals surface area contributed by atoms with Crippen molar-refractivity contribution < 1.29 is 89.7 Å². The van der Waals surface area contributed by atoms with Crippen molar-refractivity contribution in [3.8, 4) is 0 Å². The quantitative estimate of drug-likeness (QED) is 0.129. The maximum absolute atomic E-state index is 9.25. The highest BCUT2D eigenvalue weighted by Crippen LogP contribution is 2.11. The van der Waals surface area contributed by atoms with Gasteiger partial charge in [0.1, 0.15) is 0 Å². The molecule has 0 unspecified atom stereocenters. The third-order valence-corrected chi connectivity index (χ3v) is 2.56. The number of hydrogen-bond donors (Lipinski definition) is 11. The average molecular weight is 641 g/mol. The van der Waals surface area contributed by atoms with Crippen LogP contribution < -0.4 is 0 Å². The molecule has 0 fully saturated rings. The minimum atomic E-state index is -1.11. The Morgan fingerprint density at radius 3 is 0.409 bits per heavy atom. The van der Waals surface area contributed by atoms with E-state index in [1.54, 1.807) is 0 Å². The number of aliphatic hydroxyl groups is 4. The highest BCUT2D eigenvalue weighted by Gasteiger charge is 2.26. The second kappa shape index (κ2) is 47.1. The van der Waals surface area contributed by atoms with Crippen molar-refractivity contribution in [1.82, 2.24) is 0 Å². The van der Waals surface area contributed by atoms with E-state index < -0.39 is 73.6 Å². The molecule has 0 heterocycles. The Labute approximate surface area is 252 Å². The van der Waals surface area contributed by atoms with Crippen LogP contribution in [0.15, 0.2) is 88.6 Å². The van der Waals surface area contributed by atoms with Gasteiger partial charge < -0.3 is 56.2 Å². The first kappa shape index (κ1) is 58.0. The number of aliphatic hydroxyl groups excluding tert-OH is 4. The molecule has 0 aromatic carbocycles. The lowest BCUT2D eigenvalue weighted by Crippen LogP contribution is -2.37. The van der Waals surface area contributed by atoms with Gasteiger partial charge in [-0.25, -0.2) is 33.6 Å². The summed E-state index contributed by atoms with van der Waals surface area (Å²) < 4.78 is 0. The van der Waals surface area contributed by atoms with Crippen LogP contribution in [-0.2, 0) is 33.6 Å². The molecule has 0 atom stereocenters. The summed E-state index contributed by atoms with van der Waals surface area (Å²) in [4.78, 5) is 64.8. The first-order chi connectivity index (χ1) is 20.1. The highest BCUT2D eigenvalue weighted by molar-refractivity contribution is 5.80. The fraction of sp³-hybridized carbons (Fsp3) is 0.192. The van der Waals surface area contributed by atoms with Crippen LogP contribution >= 0.6 is 0 Å². The fourth-order valence-electron chi connectivity index (χ4n) is 0.300. The van der Waals surface area contributed by atoms with Crippen LogP contribution in [0.4, 0.5) is 0 Å². The largest absolute Gasteiger partial charge is 0.478 e. The molecule has 0 aromatic rings. The predicted molar refractivity (Wildman–Crippen MR) is 156 cm³/mol. The minimum absolute atomic E-state index is 0.406. The van der Waals surface area contributed by atoms with Crippen molar-refractivity contribution in [2.45, 2.75) is 0 Å². The normalized spacial score (nSPS) is 7.55. The van der Waals surface area contributed by atoms with Crippen LogP contribution in [0.2, 0.25) is 0 Å². The van der Waals surface area contributed by atoms with Crippen molar-refractivity contribution >= 4 is 41.8 Å². The molecular formula is C26H40O18. The van der Waals surface area contributed by atoms with Gasteiger partial charge in [-0.05, 0) is 0 Å². The maximum atomic E-state index is 9.25. The molecule has 0 aliphatic heterocycles. The van der Waals surface area contributed by atoms with Gasteiger partial charge in [-0.15, -0.1) is 0 Å². The first-order valence-electron chi connectivity index (χ1n) is 10.6. The number of aliphatic carboxylic acids is 7. The van der Waals surface area contributed by atoms with Crippen molar-refractivity contribution in [3.05, 3.63) is 88.6 Å². The number of carbonyl (C=O) groups is 7. The zero-order valence-corrected chi connectivity index (χ0v) is 23.6. The Balaban J connectivity index is -0.0000000568. The smallest absolute Gasteiger partial charge is 0.327 e. The Kier molecular flexibility index (Phi) is 62.2. The third-order valence-electron chi connectivity index (χ3n) is 2.56. The second-order valence-electron chi connectivity index (χ2n) is 5.93. The average Bonchev–Trinajstić information content (AvgIpc) is 3.00. The van der Waals surface area contributed by atoms with Gasteiger partial charge in [0.2, 0.25) is 0 Å². The van der Waals surface area contributed by atoms with Gasteiger partial charge in [0, 0.05) is 42.5 Å². The predicted octanol–water partition coefficient (Wildman–Crippen LogP) is -0.259. The molecule has 11 N–H and O–H groups in total. The molecule has 0 bridgehead atoms. The summed E-state index contributed by atoms with van der Waals surface area (Å²) >= 11 is 0. The van der Waals surface area contributed by atoms with E-state index in [-0.39, 0.29) is 0 Å². The van der Waals surface area contributed by atoms with E-state index in [9.17, 15) is 33.6 Å². The molecule has 0 aromatic heterocycles. The standard InChI is InChI=1S/C5H12O4.7C3H4O2/c6-1-5(2-7,3-8)4-9;7*1-2-3(4)5/h6-9H,1-4H2;7*2H,1H2,(H,4,5). The van der Waals surface area contributed by atoms with E-state index >= 15 is 0 Å². The molecule has 252 valence electrons. The second-order valence-corrected chi connectivity index (χ2v) is 5.93. The van der Waals surface area contributed by atoms with Gasteiger partial charge in [-0.1, -0.05) is 46.1 Å². The summed E-state index contributed by atoms with van der Waals surface area (Å²) in [6.45, 7) is 19.1. The lowest BCUT2D eigenvalue weighted by atomic mass is 9.93. The SMILES string of the molecule is C=CC(=O)O.C=CC(=O)O.C=CC(=O)O.C=CC(=O)O.C=CC(=O)O.C=CC(=O)O.C=CC(=O)O.OCC(CO)(CO)CO. The Morgan fingerprint density at radius 2 is 0.409 bits per heavy atom. The molecule has 0 aliphatic rings. The topological polar surface area (TPSA) is 342 Å². The van der Waals surface area contributed by atoms with E-state index in [0.717, 1.165) is 42.5 Å². The number of carboxylic acids is 7. The number of carboxylic acid groups (broad SMARTS) is 7. The molecule has 18 heteroatoms. The number of rotatable bonds is 11. The van der Waals surface area contributed by atoms with Gasteiger partial charge in [0.25, 0.3) is 0 Å². The van der Waals surface area contributed by atoms with Gasteiger partial charge >= 0.3 is 41.8 Å². The van der Waals surface area contributed by atoms with Crippen LogP contribution in [0, 0.1) is 5.41 Å². The highest BCUT2D eigenvalue weighted by atomic mass is 16.4. The van der Waals surface area contributed by atoms with Crippen molar-refractivity contribution in [2.75, 3.05) is 26.4 Å². The molecule has 0 spiro atoms. The van der Waals surface area contributed by atoms with Crippen LogP contribution in [0.25, 0.3) is 0 Å². The van der Waals surface area contributed by atoms with E-state index in [1.165, 1.54) is 0 Å². The van der Waals surface area contributed by atoms with Gasteiger partial charge in [-0.3, -0.25) is 0 Å². The Morgan fingerprint density at radius 1 is 0.341 bits per heavy atom. The molecule has 0 amide bonds. The first-order valence-corrected chi connectivity index (χ1v) is 10.6. The van der Waals surface area contributed by atoms with Crippen LogP contribution in [0.3, 0.4) is 0 Å². The van der Waals surface area contributed by atoms with Crippen LogP contribution in [0.1, 0.15) is 0 Å². The molecule has 0 saturated heterocycles. The molecule has 44 heavy (non-hydrogen) atoms. The van der Waals surface area contributed by atoms with E-state index in [0.29, 0.717) is 0 Å². The summed E-state index contributed by atoms with van der Waals surface area (Å²) in [7, 11) is 0. The molecule has 0 saturated carbocycles. The molecule has 18 nitrogen and oxygen atoms in total. The van der Waals surface area contributed by atoms with Crippen molar-refractivity contribution in [1.29, 1.82) is 0 Å². The van der Waals surface area contributed by atoms with E-state index in [2.05, 4.69) is 46.1 Å². The summed E-state index contributed by atoms with van der Waals surface area (Å²) in [5.74, 6) is -6.87. The Bertz CT molecular complexity index is 704. The summed E-state index contributed by atoms with van der Waals surface area (Å²) in [5.41, 5.74) is -1.11. The summed E-state index contributed by atoms with van der Waals surface area (Å²) in [6.07, 6.45) is 5.83. The maximum Gasteiger partial charge on any atom is 0.327 e. The zero-order valence-electron chi connectivity index (χ0n) is 23.6. The minimum Gasteiger partial charge on any atom is -0.478 e. The van der Waals surface area contributed by atoms with E-state index in [1.807, 2.05) is 0 Å². The lowest BCUT2D eigenvalue weighted by Gasteiger charge is -2.23. The summed E-state index contributed by atoms with van der Waals surface area (Å²) in [6, 6.07) is 0. The van der Waals surface area contributed by atoms with Gasteiger partial charge in [0.15, 0.2) is 0 Å². The van der Waals surface area contributed by atoms with Crippen molar-refractivity contribution in [2.24, 2.45) is 5.41 Å². The molecule has 0 aliphatic carbocycles. The Hall–Kier alpha value is -5.69. The van der Waals surface area contributed by atoms with E-state index in [4.69, 9.17) is 56.2 Å². The molecule has 0 radical (unpaired) electrons. The fourth-order valence-corrected chi connectivity index (χ4v) is 0.300. The van der Waals surface area contributed by atoms with Gasteiger partial charge in [0.05, 0.1) is 31.8 Å². The third kappa shape index (κ3) is 110. The molecular weight excluding hydrogens is 600 g/mol. The number of hydrogen-bond acceptors (Lipinski definition) is 11. The monoisotopic (exact) mass is 640 g/mol. The van der Waals surface area contributed by atoms with Gasteiger partial charge in [-0.2, -0.15) is 0 Å². The van der Waals surface area contributed by atoms with Crippen LogP contribution in [0.5, 0.6) is 0 Å². The van der Waals surface area contributed by atoms with Crippen LogP contribution in [-0.4, -0.2) is 124 Å². The summed E-state index contributed by atoms with van der Waals surface area (Å²) in [5, 5.41) is 87.2.